The first kappa shape index (κ1) is 26.6. The van der Waals surface area contributed by atoms with Crippen molar-refractivity contribution in [1.82, 2.24) is 15.2 Å². The molecule has 0 saturated heterocycles. The van der Waals surface area contributed by atoms with Crippen molar-refractivity contribution in [2.75, 3.05) is 25.6 Å². The van der Waals surface area contributed by atoms with Crippen LogP contribution in [0.25, 0.3) is 11.3 Å². The first-order chi connectivity index (χ1) is 15.8. The second kappa shape index (κ2) is 13.1. The molecule has 1 heterocycles. The van der Waals surface area contributed by atoms with Crippen molar-refractivity contribution in [1.29, 1.82) is 0 Å². The second-order valence-electron chi connectivity index (χ2n) is 8.95. The standard InChI is InChI=1S/C27H42N6/c1-7-33(18-30-6)17-22-9-8-10-23(14-22)26-15-24(13-20(4)11-12-21(5)29)25(16-28)27(32-26)31-19(2)3/h8-12,14-15,19,30H,7,13,16-18,28-29H2,1-6H3,(H,31,32)/b20-11+,21-12-. The van der Waals surface area contributed by atoms with E-state index in [-0.39, 0.29) is 6.04 Å². The van der Waals surface area contributed by atoms with Gasteiger partial charge in [0.2, 0.25) is 0 Å². The fourth-order valence-corrected chi connectivity index (χ4v) is 3.77. The van der Waals surface area contributed by atoms with Crippen LogP contribution in [0.5, 0.6) is 0 Å². The first-order valence-corrected chi connectivity index (χ1v) is 11.8. The van der Waals surface area contributed by atoms with Crippen LogP contribution in [0, 0.1) is 0 Å². The zero-order valence-electron chi connectivity index (χ0n) is 21.2. The van der Waals surface area contributed by atoms with E-state index in [1.807, 2.05) is 20.0 Å². The van der Waals surface area contributed by atoms with Gasteiger partial charge < -0.3 is 22.1 Å². The van der Waals surface area contributed by atoms with Gasteiger partial charge >= 0.3 is 0 Å². The van der Waals surface area contributed by atoms with Crippen LogP contribution in [-0.2, 0) is 19.5 Å². The molecule has 0 fully saturated rings. The van der Waals surface area contributed by atoms with Crippen molar-refractivity contribution in [3.8, 4) is 11.3 Å². The number of anilines is 1. The first-order valence-electron chi connectivity index (χ1n) is 11.8. The molecule has 0 aliphatic rings. The Morgan fingerprint density at radius 2 is 1.94 bits per heavy atom. The number of nitrogens with zero attached hydrogens (tertiary/aromatic N) is 2. The van der Waals surface area contributed by atoms with E-state index in [1.165, 1.54) is 16.7 Å². The predicted molar refractivity (Wildman–Crippen MR) is 142 cm³/mol. The number of aromatic nitrogens is 1. The molecular weight excluding hydrogens is 408 g/mol. The molecular formula is C27H42N6. The van der Waals surface area contributed by atoms with Crippen molar-refractivity contribution >= 4 is 5.82 Å². The van der Waals surface area contributed by atoms with Gasteiger partial charge in [-0.3, -0.25) is 4.90 Å². The Hall–Kier alpha value is -2.67. The molecule has 0 amide bonds. The average molecular weight is 451 g/mol. The van der Waals surface area contributed by atoms with Gasteiger partial charge in [-0.2, -0.15) is 0 Å². The number of hydrogen-bond donors (Lipinski definition) is 4. The van der Waals surface area contributed by atoms with Crippen LogP contribution >= 0.6 is 0 Å². The number of benzene rings is 1. The normalized spacial score (nSPS) is 12.6. The largest absolute Gasteiger partial charge is 0.402 e. The highest BCUT2D eigenvalue weighted by atomic mass is 15.2. The SMILES string of the molecule is CCN(CNC)Cc1cccc(-c2cc(C/C(C)=C/C=C(/C)N)c(CN)c(NC(C)C)n2)c1. The molecule has 1 aromatic carbocycles. The quantitative estimate of drug-likeness (QED) is 0.283. The zero-order valence-corrected chi connectivity index (χ0v) is 21.2. The van der Waals surface area contributed by atoms with Crippen LogP contribution in [0.1, 0.15) is 51.3 Å². The number of rotatable bonds is 12. The van der Waals surface area contributed by atoms with Gasteiger partial charge in [0.15, 0.2) is 0 Å². The molecule has 1 aromatic heterocycles. The topological polar surface area (TPSA) is 92.2 Å². The maximum absolute atomic E-state index is 6.19. The summed E-state index contributed by atoms with van der Waals surface area (Å²) in [4.78, 5) is 7.37. The molecule has 2 rings (SSSR count). The Morgan fingerprint density at radius 3 is 2.55 bits per heavy atom. The van der Waals surface area contributed by atoms with Crippen LogP contribution in [0.3, 0.4) is 0 Å². The molecule has 6 nitrogen and oxygen atoms in total. The van der Waals surface area contributed by atoms with Gasteiger partial charge in [-0.15, -0.1) is 0 Å². The minimum Gasteiger partial charge on any atom is -0.402 e. The summed E-state index contributed by atoms with van der Waals surface area (Å²) in [6, 6.07) is 11.1. The summed E-state index contributed by atoms with van der Waals surface area (Å²) in [5, 5.41) is 6.75. The second-order valence-corrected chi connectivity index (χ2v) is 8.95. The lowest BCUT2D eigenvalue weighted by Crippen LogP contribution is -2.31. The highest BCUT2D eigenvalue weighted by molar-refractivity contribution is 5.66. The lowest BCUT2D eigenvalue weighted by molar-refractivity contribution is 0.265. The highest BCUT2D eigenvalue weighted by Crippen LogP contribution is 2.28. The van der Waals surface area contributed by atoms with Crippen LogP contribution in [0.15, 0.2) is 53.8 Å². The van der Waals surface area contributed by atoms with Crippen LogP contribution < -0.4 is 22.1 Å². The molecule has 0 unspecified atom stereocenters. The number of allylic oxidation sites excluding steroid dienone is 4. The molecule has 0 bridgehead atoms. The third-order valence-electron chi connectivity index (χ3n) is 5.40. The Balaban J connectivity index is 2.51. The maximum Gasteiger partial charge on any atom is 0.131 e. The van der Waals surface area contributed by atoms with Crippen molar-refractivity contribution in [3.05, 3.63) is 70.4 Å². The van der Waals surface area contributed by atoms with Gasteiger partial charge in [0, 0.05) is 42.6 Å². The Labute approximate surface area is 200 Å². The average Bonchev–Trinajstić information content (AvgIpc) is 2.77. The molecule has 6 heteroatoms. The summed E-state index contributed by atoms with van der Waals surface area (Å²) in [5.74, 6) is 0.870. The summed E-state index contributed by atoms with van der Waals surface area (Å²) >= 11 is 0. The molecule has 0 radical (unpaired) electrons. The van der Waals surface area contributed by atoms with Gasteiger partial charge in [0.05, 0.1) is 5.69 Å². The lowest BCUT2D eigenvalue weighted by atomic mass is 9.97. The van der Waals surface area contributed by atoms with Gasteiger partial charge in [-0.05, 0) is 77.0 Å². The minimum absolute atomic E-state index is 0.261. The molecule has 0 aliphatic carbocycles. The molecule has 180 valence electrons. The summed E-state index contributed by atoms with van der Waals surface area (Å²) in [6.45, 7) is 13.6. The Morgan fingerprint density at radius 1 is 1.18 bits per heavy atom. The smallest absolute Gasteiger partial charge is 0.131 e. The van der Waals surface area contributed by atoms with E-state index >= 15 is 0 Å². The molecule has 0 spiro atoms. The van der Waals surface area contributed by atoms with E-state index in [9.17, 15) is 0 Å². The number of nitrogens with one attached hydrogen (secondary N) is 2. The van der Waals surface area contributed by atoms with Crippen molar-refractivity contribution in [2.24, 2.45) is 11.5 Å². The summed E-state index contributed by atoms with van der Waals surface area (Å²) in [6.07, 6.45) is 4.82. The van der Waals surface area contributed by atoms with Crippen molar-refractivity contribution in [3.63, 3.8) is 0 Å². The van der Waals surface area contributed by atoms with E-state index in [2.05, 4.69) is 79.6 Å². The van der Waals surface area contributed by atoms with Gasteiger partial charge in [-0.25, -0.2) is 4.98 Å². The lowest BCUT2D eigenvalue weighted by Gasteiger charge is -2.21. The Bertz CT molecular complexity index is 957. The third-order valence-corrected chi connectivity index (χ3v) is 5.40. The van der Waals surface area contributed by atoms with E-state index in [0.29, 0.717) is 6.54 Å². The predicted octanol–water partition coefficient (Wildman–Crippen LogP) is 4.38. The molecule has 6 N–H and O–H groups in total. The fourth-order valence-electron chi connectivity index (χ4n) is 3.77. The molecule has 0 aliphatic heterocycles. The third kappa shape index (κ3) is 8.31. The number of nitrogens with two attached hydrogens (primary N) is 2. The monoisotopic (exact) mass is 450 g/mol. The summed E-state index contributed by atoms with van der Waals surface area (Å²) in [5.41, 5.74) is 19.6. The van der Waals surface area contributed by atoms with Crippen LogP contribution in [0.4, 0.5) is 5.82 Å². The number of pyridine rings is 1. The summed E-state index contributed by atoms with van der Waals surface area (Å²) < 4.78 is 0. The molecule has 33 heavy (non-hydrogen) atoms. The van der Waals surface area contributed by atoms with E-state index in [0.717, 1.165) is 54.5 Å². The number of hydrogen-bond acceptors (Lipinski definition) is 6. The van der Waals surface area contributed by atoms with E-state index < -0.39 is 0 Å². The van der Waals surface area contributed by atoms with E-state index in [1.54, 1.807) is 0 Å². The Kier molecular flexibility index (Phi) is 10.6. The van der Waals surface area contributed by atoms with Crippen molar-refractivity contribution in [2.45, 2.75) is 60.2 Å². The van der Waals surface area contributed by atoms with Gasteiger partial charge in [0.25, 0.3) is 0 Å². The van der Waals surface area contributed by atoms with E-state index in [4.69, 9.17) is 16.5 Å². The molecule has 0 saturated carbocycles. The molecule has 2 aromatic rings. The fraction of sp³-hybridized carbons (Fsp3) is 0.444. The van der Waals surface area contributed by atoms with Gasteiger partial charge in [-0.1, -0.05) is 36.8 Å². The minimum atomic E-state index is 0.261. The molecule has 0 atom stereocenters. The maximum atomic E-state index is 6.19. The summed E-state index contributed by atoms with van der Waals surface area (Å²) in [7, 11) is 1.98. The highest BCUT2D eigenvalue weighted by Gasteiger charge is 2.15. The van der Waals surface area contributed by atoms with Crippen LogP contribution in [-0.4, -0.2) is 36.2 Å². The van der Waals surface area contributed by atoms with Gasteiger partial charge in [0.1, 0.15) is 5.82 Å². The van der Waals surface area contributed by atoms with Crippen molar-refractivity contribution < 1.29 is 0 Å². The van der Waals surface area contributed by atoms with Crippen LogP contribution in [0.2, 0.25) is 0 Å². The zero-order chi connectivity index (χ0) is 24.4.